The topological polar surface area (TPSA) is 47.4 Å². The second-order valence-corrected chi connectivity index (χ2v) is 9.93. The maximum Gasteiger partial charge on any atom is 0.150 e. The van der Waals surface area contributed by atoms with E-state index < -0.39 is 0 Å². The molecular weight excluding hydrogens is 442 g/mol. The van der Waals surface area contributed by atoms with Gasteiger partial charge in [-0.25, -0.2) is 4.98 Å². The minimum atomic E-state index is 0.0101. The number of rotatable bonds is 8. The van der Waals surface area contributed by atoms with Crippen LogP contribution < -0.4 is 4.31 Å². The van der Waals surface area contributed by atoms with Crippen molar-refractivity contribution >= 4 is 35.0 Å². The summed E-state index contributed by atoms with van der Waals surface area (Å²) < 4.78 is 9.20. The molecule has 0 saturated carbocycles. The highest BCUT2D eigenvalue weighted by Gasteiger charge is 2.22. The molecule has 5 nitrogen and oxygen atoms in total. The Morgan fingerprint density at radius 2 is 1.74 bits per heavy atom. The van der Waals surface area contributed by atoms with Gasteiger partial charge in [0, 0.05) is 48.9 Å². The van der Waals surface area contributed by atoms with E-state index in [0.717, 1.165) is 41.4 Å². The van der Waals surface area contributed by atoms with E-state index in [4.69, 9.17) is 9.72 Å². The lowest BCUT2D eigenvalue weighted by molar-refractivity contribution is 0.112. The predicted molar refractivity (Wildman–Crippen MR) is 148 cm³/mol. The van der Waals surface area contributed by atoms with Gasteiger partial charge in [0.05, 0.1) is 11.0 Å². The van der Waals surface area contributed by atoms with Crippen LogP contribution in [0.15, 0.2) is 47.4 Å². The molecule has 0 aliphatic heterocycles. The molecule has 2 aromatic carbocycles. The molecule has 1 aromatic heterocycles. The number of fused-ring (bicyclic) bond motifs is 1. The number of aldehydes is 1. The van der Waals surface area contributed by atoms with Crippen molar-refractivity contribution in [2.45, 2.75) is 78.2 Å². The van der Waals surface area contributed by atoms with Crippen molar-refractivity contribution in [3.05, 3.63) is 53.9 Å². The molecule has 0 N–H and O–H groups in total. The fourth-order valence-corrected chi connectivity index (χ4v) is 4.11. The van der Waals surface area contributed by atoms with Gasteiger partial charge in [-0.1, -0.05) is 60.1 Å². The van der Waals surface area contributed by atoms with E-state index in [1.54, 1.807) is 19.1 Å². The second kappa shape index (κ2) is 14.8. The molecule has 3 rings (SSSR count). The molecule has 3 aromatic rings. The Hall–Kier alpha value is -2.31. The summed E-state index contributed by atoms with van der Waals surface area (Å²) in [5, 5.41) is 0. The van der Waals surface area contributed by atoms with Gasteiger partial charge in [-0.3, -0.25) is 4.79 Å². The van der Waals surface area contributed by atoms with Gasteiger partial charge in [0.1, 0.15) is 12.1 Å². The summed E-state index contributed by atoms with van der Waals surface area (Å²) in [6.07, 6.45) is 3.29. The molecule has 0 radical (unpaired) electrons. The molecule has 0 unspecified atom stereocenters. The summed E-state index contributed by atoms with van der Waals surface area (Å²) in [6, 6.07) is 14.0. The first-order valence-corrected chi connectivity index (χ1v) is 13.0. The molecule has 0 aliphatic rings. The molecule has 0 spiro atoms. The smallest absolute Gasteiger partial charge is 0.150 e. The lowest BCUT2D eigenvalue weighted by Crippen LogP contribution is -2.18. The zero-order valence-electron chi connectivity index (χ0n) is 22.5. The van der Waals surface area contributed by atoms with Crippen LogP contribution in [-0.4, -0.2) is 36.6 Å². The van der Waals surface area contributed by atoms with Crippen LogP contribution in [0, 0.1) is 0 Å². The Kier molecular flexibility index (Phi) is 13.0. The molecule has 6 heteroatoms. The van der Waals surface area contributed by atoms with E-state index >= 15 is 0 Å². The van der Waals surface area contributed by atoms with Crippen molar-refractivity contribution in [3.8, 4) is 0 Å². The van der Waals surface area contributed by atoms with Crippen molar-refractivity contribution in [3.63, 3.8) is 0 Å². The number of anilines is 1. The first-order valence-electron chi connectivity index (χ1n) is 12.2. The van der Waals surface area contributed by atoms with E-state index in [1.807, 2.05) is 45.2 Å². The maximum atomic E-state index is 10.8. The van der Waals surface area contributed by atoms with Gasteiger partial charge in [-0.05, 0) is 55.6 Å². The Morgan fingerprint density at radius 1 is 1.09 bits per heavy atom. The lowest BCUT2D eigenvalue weighted by atomic mass is 9.96. The van der Waals surface area contributed by atoms with Crippen molar-refractivity contribution < 1.29 is 9.53 Å². The van der Waals surface area contributed by atoms with Crippen molar-refractivity contribution in [1.82, 2.24) is 9.55 Å². The van der Waals surface area contributed by atoms with Crippen LogP contribution in [0.3, 0.4) is 0 Å². The SMILES string of the molecule is CC.CCCCOC.CCn1c(C(C)(C)C)nc2cc(N(C)Sc3ccc(C=O)cc3)ccc21. The predicted octanol–water partition coefficient (Wildman–Crippen LogP) is 7.77. The number of imidazole rings is 1. The molecule has 0 bridgehead atoms. The summed E-state index contributed by atoms with van der Waals surface area (Å²) in [4.78, 5) is 16.8. The van der Waals surface area contributed by atoms with Crippen LogP contribution in [0.2, 0.25) is 0 Å². The third-order valence-corrected chi connectivity index (χ3v) is 6.01. The van der Waals surface area contributed by atoms with Gasteiger partial charge in [0.25, 0.3) is 0 Å². The highest BCUT2D eigenvalue weighted by atomic mass is 32.2. The average Bonchev–Trinajstić information content (AvgIpc) is 3.23. The minimum absolute atomic E-state index is 0.0101. The number of benzene rings is 2. The van der Waals surface area contributed by atoms with Gasteiger partial charge in [0.2, 0.25) is 0 Å². The third-order valence-electron chi connectivity index (χ3n) is 5.04. The summed E-state index contributed by atoms with van der Waals surface area (Å²) in [6.45, 7) is 16.7. The quantitative estimate of drug-likeness (QED) is 0.185. The number of unbranched alkanes of at least 4 members (excludes halogenated alkanes) is 1. The first-order chi connectivity index (χ1) is 16.2. The highest BCUT2D eigenvalue weighted by Crippen LogP contribution is 2.32. The summed E-state index contributed by atoms with van der Waals surface area (Å²) in [7, 11) is 3.77. The zero-order valence-corrected chi connectivity index (χ0v) is 23.3. The van der Waals surface area contributed by atoms with Crippen LogP contribution in [0.1, 0.15) is 77.5 Å². The van der Waals surface area contributed by atoms with Crippen molar-refractivity contribution in [2.24, 2.45) is 0 Å². The fraction of sp³-hybridized carbons (Fsp3) is 0.500. The van der Waals surface area contributed by atoms with Crippen LogP contribution in [-0.2, 0) is 16.7 Å². The third kappa shape index (κ3) is 8.48. The summed E-state index contributed by atoms with van der Waals surface area (Å²) in [5.74, 6) is 1.12. The minimum Gasteiger partial charge on any atom is -0.385 e. The number of methoxy groups -OCH3 is 1. The molecule has 0 amide bonds. The fourth-order valence-electron chi connectivity index (χ4n) is 3.31. The van der Waals surface area contributed by atoms with Crippen molar-refractivity contribution in [2.75, 3.05) is 25.1 Å². The van der Waals surface area contributed by atoms with Crippen LogP contribution in [0.4, 0.5) is 5.69 Å². The molecular formula is C28H43N3O2S. The molecule has 1 heterocycles. The normalized spacial score (nSPS) is 10.7. The van der Waals surface area contributed by atoms with Gasteiger partial charge in [-0.15, -0.1) is 0 Å². The maximum absolute atomic E-state index is 10.8. The number of aromatic nitrogens is 2. The van der Waals surface area contributed by atoms with Crippen LogP contribution >= 0.6 is 11.9 Å². The second-order valence-electron chi connectivity index (χ2n) is 8.72. The van der Waals surface area contributed by atoms with Gasteiger partial charge in [0.15, 0.2) is 0 Å². The Balaban J connectivity index is 0.000000631. The molecule has 0 atom stereocenters. The number of hydrogen-bond donors (Lipinski definition) is 0. The van der Waals surface area contributed by atoms with E-state index in [1.165, 1.54) is 18.4 Å². The molecule has 188 valence electrons. The standard InChI is InChI=1S/C21H25N3OS.C5H12O.C2H6/c1-6-24-19-12-9-16(13-18(19)22-20(24)21(2,3)4)23(5)26-17-10-7-15(14-25)8-11-17;1-3-4-5-6-2;1-2/h7-14H,6H2,1-5H3;3-5H2,1-2H3;1-2H3. The monoisotopic (exact) mass is 485 g/mol. The zero-order chi connectivity index (χ0) is 25.7. The number of aryl methyl sites for hydroxylation is 1. The molecule has 0 fully saturated rings. The van der Waals surface area contributed by atoms with Gasteiger partial charge >= 0.3 is 0 Å². The van der Waals surface area contributed by atoms with Gasteiger partial charge < -0.3 is 13.6 Å². The largest absolute Gasteiger partial charge is 0.385 e. The van der Waals surface area contributed by atoms with Crippen LogP contribution in [0.5, 0.6) is 0 Å². The van der Waals surface area contributed by atoms with E-state index in [9.17, 15) is 4.79 Å². The number of ether oxygens (including phenoxy) is 1. The lowest BCUT2D eigenvalue weighted by Gasteiger charge is -2.19. The molecule has 34 heavy (non-hydrogen) atoms. The van der Waals surface area contributed by atoms with Crippen LogP contribution in [0.25, 0.3) is 11.0 Å². The molecule has 0 saturated heterocycles. The van der Waals surface area contributed by atoms with Gasteiger partial charge in [-0.2, -0.15) is 0 Å². The van der Waals surface area contributed by atoms with E-state index in [0.29, 0.717) is 5.56 Å². The number of carbonyl (C=O) groups excluding carboxylic acids is 1. The highest BCUT2D eigenvalue weighted by molar-refractivity contribution is 8.00. The summed E-state index contributed by atoms with van der Waals surface area (Å²) in [5.41, 5.74) is 4.00. The number of nitrogens with zero attached hydrogens (tertiary/aromatic N) is 3. The first kappa shape index (κ1) is 29.7. The Labute approximate surface area is 211 Å². The van der Waals surface area contributed by atoms with E-state index in [-0.39, 0.29) is 5.41 Å². The Bertz CT molecular complexity index is 987. The molecule has 0 aliphatic carbocycles. The Morgan fingerprint density at radius 3 is 2.21 bits per heavy atom. The van der Waals surface area contributed by atoms with Crippen molar-refractivity contribution in [1.29, 1.82) is 0 Å². The average molecular weight is 486 g/mol. The summed E-state index contributed by atoms with van der Waals surface area (Å²) >= 11 is 1.63. The number of hydrogen-bond acceptors (Lipinski definition) is 5. The van der Waals surface area contributed by atoms with E-state index in [2.05, 4.69) is 61.7 Å². The number of carbonyl (C=O) groups is 1.